The second kappa shape index (κ2) is 5.15. The molecule has 0 amide bonds. The van der Waals surface area contributed by atoms with Crippen molar-refractivity contribution in [1.82, 2.24) is 4.98 Å². The fourth-order valence-electron chi connectivity index (χ4n) is 1.57. The Labute approximate surface area is 106 Å². The second-order valence-corrected chi connectivity index (χ2v) is 4.99. The predicted octanol–water partition coefficient (Wildman–Crippen LogP) is 1.24. The summed E-state index contributed by atoms with van der Waals surface area (Å²) in [7, 11) is 0. The number of aliphatic carboxylic acids is 1. The van der Waals surface area contributed by atoms with Gasteiger partial charge in [-0.1, -0.05) is 0 Å². The van der Waals surface area contributed by atoms with Gasteiger partial charge >= 0.3 is 11.9 Å². The van der Waals surface area contributed by atoms with Gasteiger partial charge in [0, 0.05) is 24.2 Å². The number of anilines is 1. The predicted molar refractivity (Wildman–Crippen MR) is 61.4 cm³/mol. The van der Waals surface area contributed by atoms with Crippen LogP contribution in [-0.2, 0) is 16.0 Å². The summed E-state index contributed by atoms with van der Waals surface area (Å²) in [4.78, 5) is 16.6. The second-order valence-electron chi connectivity index (χ2n) is 3.89. The number of nitrogens with zero attached hydrogens (tertiary/aromatic N) is 2. The molecule has 0 spiro atoms. The lowest BCUT2D eigenvalue weighted by Gasteiger charge is -2.26. The molecule has 0 bridgehead atoms. The SMILES string of the molecule is O=C(O)C(F)(F)Cc1cnc(N2CCOCC2)s1. The van der Waals surface area contributed by atoms with Crippen molar-refractivity contribution >= 4 is 22.4 Å². The number of carbonyl (C=O) groups is 1. The van der Waals surface area contributed by atoms with Crippen LogP contribution in [0.25, 0.3) is 0 Å². The molecule has 0 aromatic carbocycles. The minimum atomic E-state index is -3.74. The van der Waals surface area contributed by atoms with Gasteiger partial charge in [0.1, 0.15) is 0 Å². The van der Waals surface area contributed by atoms with Gasteiger partial charge in [0.25, 0.3) is 0 Å². The van der Waals surface area contributed by atoms with E-state index in [0.29, 0.717) is 31.4 Å². The van der Waals surface area contributed by atoms with Gasteiger partial charge in [-0.15, -0.1) is 11.3 Å². The van der Waals surface area contributed by atoms with Crippen LogP contribution in [0.3, 0.4) is 0 Å². The summed E-state index contributed by atoms with van der Waals surface area (Å²) in [6.45, 7) is 2.50. The Hall–Kier alpha value is -1.28. The van der Waals surface area contributed by atoms with Crippen molar-refractivity contribution in [2.75, 3.05) is 31.2 Å². The highest BCUT2D eigenvalue weighted by Gasteiger charge is 2.39. The Balaban J connectivity index is 2.03. The molecule has 1 N–H and O–H groups in total. The van der Waals surface area contributed by atoms with Gasteiger partial charge in [0.15, 0.2) is 5.13 Å². The van der Waals surface area contributed by atoms with Gasteiger partial charge in [-0.2, -0.15) is 8.78 Å². The van der Waals surface area contributed by atoms with Gasteiger partial charge < -0.3 is 14.7 Å². The molecule has 0 atom stereocenters. The maximum absolute atomic E-state index is 13.0. The van der Waals surface area contributed by atoms with E-state index in [1.165, 1.54) is 6.20 Å². The zero-order valence-corrected chi connectivity index (χ0v) is 10.3. The molecular weight excluding hydrogens is 266 g/mol. The maximum Gasteiger partial charge on any atom is 0.374 e. The van der Waals surface area contributed by atoms with Gasteiger partial charge in [-0.25, -0.2) is 9.78 Å². The van der Waals surface area contributed by atoms with E-state index in [-0.39, 0.29) is 4.88 Å². The Morgan fingerprint density at radius 3 is 2.83 bits per heavy atom. The number of carboxylic acid groups (broad SMARTS) is 1. The molecule has 1 aromatic rings. The summed E-state index contributed by atoms with van der Waals surface area (Å²) in [5, 5.41) is 9.00. The van der Waals surface area contributed by atoms with Crippen molar-refractivity contribution in [3.63, 3.8) is 0 Å². The lowest BCUT2D eigenvalue weighted by Crippen LogP contribution is -2.36. The summed E-state index contributed by atoms with van der Waals surface area (Å²) < 4.78 is 31.2. The highest BCUT2D eigenvalue weighted by molar-refractivity contribution is 7.15. The average Bonchev–Trinajstić information content (AvgIpc) is 2.78. The van der Waals surface area contributed by atoms with Gasteiger partial charge in [-0.05, 0) is 0 Å². The van der Waals surface area contributed by atoms with Crippen molar-refractivity contribution in [2.45, 2.75) is 12.3 Å². The van der Waals surface area contributed by atoms with E-state index < -0.39 is 18.3 Å². The van der Waals surface area contributed by atoms with Crippen LogP contribution in [0, 0.1) is 0 Å². The largest absolute Gasteiger partial charge is 0.477 e. The molecular formula is C10H12F2N2O3S. The maximum atomic E-state index is 13.0. The van der Waals surface area contributed by atoms with Crippen molar-refractivity contribution < 1.29 is 23.4 Å². The van der Waals surface area contributed by atoms with Gasteiger partial charge in [0.2, 0.25) is 0 Å². The highest BCUT2D eigenvalue weighted by Crippen LogP contribution is 2.28. The standard InChI is InChI=1S/C10H12F2N2O3S/c11-10(12,8(15)16)5-7-6-13-9(18-7)14-1-3-17-4-2-14/h6H,1-5H2,(H,15,16). The first kappa shape index (κ1) is 13.2. The quantitative estimate of drug-likeness (QED) is 0.898. The van der Waals surface area contributed by atoms with E-state index in [2.05, 4.69) is 4.98 Å². The average molecular weight is 278 g/mol. The van der Waals surface area contributed by atoms with E-state index >= 15 is 0 Å². The lowest BCUT2D eigenvalue weighted by molar-refractivity contribution is -0.164. The fourth-order valence-corrected chi connectivity index (χ4v) is 2.58. The minimum absolute atomic E-state index is 0.267. The first-order chi connectivity index (χ1) is 8.49. The van der Waals surface area contributed by atoms with Gasteiger partial charge in [0.05, 0.1) is 19.6 Å². The van der Waals surface area contributed by atoms with E-state index in [0.717, 1.165) is 11.3 Å². The molecule has 1 fully saturated rings. The number of hydrogen-bond acceptors (Lipinski definition) is 5. The molecule has 0 radical (unpaired) electrons. The minimum Gasteiger partial charge on any atom is -0.477 e. The van der Waals surface area contributed by atoms with Gasteiger partial charge in [-0.3, -0.25) is 0 Å². The molecule has 8 heteroatoms. The Morgan fingerprint density at radius 1 is 1.56 bits per heavy atom. The molecule has 0 aliphatic carbocycles. The number of rotatable bonds is 4. The number of thiazole rings is 1. The van der Waals surface area contributed by atoms with E-state index in [1.807, 2.05) is 4.90 Å². The normalized spacial score (nSPS) is 16.9. The van der Waals surface area contributed by atoms with Crippen molar-refractivity contribution in [3.8, 4) is 0 Å². The molecule has 2 rings (SSSR count). The number of halogens is 2. The summed E-state index contributed by atoms with van der Waals surface area (Å²) in [5.41, 5.74) is 0. The van der Waals surface area contributed by atoms with Crippen LogP contribution >= 0.6 is 11.3 Å². The molecule has 1 saturated heterocycles. The highest BCUT2D eigenvalue weighted by atomic mass is 32.1. The Kier molecular flexibility index (Phi) is 3.76. The summed E-state index contributed by atoms with van der Waals surface area (Å²) in [5.74, 6) is -5.85. The number of hydrogen-bond donors (Lipinski definition) is 1. The van der Waals surface area contributed by atoms with Crippen LogP contribution in [0.1, 0.15) is 4.88 Å². The summed E-state index contributed by atoms with van der Waals surface area (Å²) in [6, 6.07) is 0. The molecule has 1 aliphatic heterocycles. The lowest BCUT2D eigenvalue weighted by atomic mass is 10.2. The van der Waals surface area contributed by atoms with Crippen LogP contribution in [0.15, 0.2) is 6.20 Å². The smallest absolute Gasteiger partial charge is 0.374 e. The van der Waals surface area contributed by atoms with Crippen LogP contribution in [0.4, 0.5) is 13.9 Å². The molecule has 2 heterocycles. The molecule has 1 aliphatic rings. The van der Waals surface area contributed by atoms with Crippen LogP contribution in [0.5, 0.6) is 0 Å². The Morgan fingerprint density at radius 2 is 2.22 bits per heavy atom. The van der Waals surface area contributed by atoms with E-state index in [4.69, 9.17) is 9.84 Å². The Bertz CT molecular complexity index is 433. The van der Waals surface area contributed by atoms with Crippen molar-refractivity contribution in [2.24, 2.45) is 0 Å². The number of carboxylic acids is 1. The fraction of sp³-hybridized carbons (Fsp3) is 0.600. The van der Waals surface area contributed by atoms with Crippen LogP contribution in [0.2, 0.25) is 0 Å². The first-order valence-electron chi connectivity index (χ1n) is 5.37. The zero-order chi connectivity index (χ0) is 13.2. The van der Waals surface area contributed by atoms with Crippen molar-refractivity contribution in [1.29, 1.82) is 0 Å². The van der Waals surface area contributed by atoms with Crippen LogP contribution < -0.4 is 4.90 Å². The third kappa shape index (κ3) is 2.94. The third-order valence-electron chi connectivity index (χ3n) is 2.53. The number of morpholine rings is 1. The molecule has 1 aromatic heterocycles. The van der Waals surface area contributed by atoms with Crippen molar-refractivity contribution in [3.05, 3.63) is 11.1 Å². The molecule has 18 heavy (non-hydrogen) atoms. The molecule has 5 nitrogen and oxygen atoms in total. The summed E-state index contributed by atoms with van der Waals surface area (Å²) >= 11 is 1.10. The summed E-state index contributed by atoms with van der Waals surface area (Å²) in [6.07, 6.45) is 0.497. The number of aromatic nitrogens is 1. The van der Waals surface area contributed by atoms with Crippen LogP contribution in [-0.4, -0.2) is 48.3 Å². The molecule has 0 unspecified atom stereocenters. The topological polar surface area (TPSA) is 62.7 Å². The number of ether oxygens (including phenoxy) is 1. The molecule has 0 saturated carbocycles. The zero-order valence-electron chi connectivity index (χ0n) is 9.44. The number of alkyl halides is 2. The molecule has 100 valence electrons. The first-order valence-corrected chi connectivity index (χ1v) is 6.19. The van der Waals surface area contributed by atoms with E-state index in [1.54, 1.807) is 0 Å². The monoisotopic (exact) mass is 278 g/mol. The van der Waals surface area contributed by atoms with E-state index in [9.17, 15) is 13.6 Å². The third-order valence-corrected chi connectivity index (χ3v) is 3.59.